The van der Waals surface area contributed by atoms with Gasteiger partial charge in [-0.15, -0.1) is 0 Å². The molecule has 130 valence electrons. The summed E-state index contributed by atoms with van der Waals surface area (Å²) < 4.78 is 0. The largest absolute Gasteiger partial charge is 0.365 e. The highest BCUT2D eigenvalue weighted by molar-refractivity contribution is 6.31. The van der Waals surface area contributed by atoms with Crippen LogP contribution in [-0.4, -0.2) is 23.2 Å². The smallest absolute Gasteiger partial charge is 0.155 e. The van der Waals surface area contributed by atoms with Crippen LogP contribution in [0.15, 0.2) is 54.0 Å². The van der Waals surface area contributed by atoms with E-state index in [0.717, 1.165) is 35.3 Å². The zero-order chi connectivity index (χ0) is 17.2. The number of halogens is 2. The fraction of sp³-hybridized carbons (Fsp3) is 0.125. The van der Waals surface area contributed by atoms with Crippen LogP contribution in [0.4, 0.5) is 0 Å². The lowest BCUT2D eigenvalue weighted by atomic mass is 10.1. The normalized spacial score (nSPS) is 18.2. The number of aromatic nitrogens is 1. The van der Waals surface area contributed by atoms with E-state index in [1.807, 2.05) is 35.7 Å². The van der Waals surface area contributed by atoms with E-state index in [0.29, 0.717) is 16.0 Å². The number of nitrogens with zero attached hydrogens (tertiary/aromatic N) is 1. The third-order valence-electron chi connectivity index (χ3n) is 3.92. The lowest BCUT2D eigenvalue weighted by Gasteiger charge is -2.34. The van der Waals surface area contributed by atoms with Crippen molar-refractivity contribution in [2.45, 2.75) is 0 Å². The van der Waals surface area contributed by atoms with E-state index < -0.39 is 0 Å². The first-order valence-corrected chi connectivity index (χ1v) is 8.55. The highest BCUT2D eigenvalue weighted by Gasteiger charge is 2.18. The molecule has 1 aromatic carbocycles. The van der Waals surface area contributed by atoms with E-state index in [2.05, 4.69) is 31.8 Å². The van der Waals surface area contributed by atoms with Crippen LogP contribution >= 0.6 is 23.2 Å². The molecule has 0 atom stereocenters. The molecule has 1 aromatic heterocycles. The van der Waals surface area contributed by atoms with Crippen molar-refractivity contribution in [3.63, 3.8) is 0 Å². The number of nitrogens with one attached hydrogen (secondary N) is 6. The van der Waals surface area contributed by atoms with Gasteiger partial charge in [-0.2, -0.15) is 5.12 Å². The Morgan fingerprint density at radius 3 is 2.84 bits per heavy atom. The fourth-order valence-corrected chi connectivity index (χ4v) is 2.91. The molecule has 6 N–H and O–H groups in total. The van der Waals surface area contributed by atoms with Crippen LogP contribution in [0.2, 0.25) is 5.02 Å². The molecule has 0 radical (unpaired) electrons. The molecule has 9 heteroatoms. The van der Waals surface area contributed by atoms with Crippen LogP contribution in [-0.2, 0) is 0 Å². The summed E-state index contributed by atoms with van der Waals surface area (Å²) in [6.07, 6.45) is 7.30. The number of H-pyrrole nitrogens is 1. The van der Waals surface area contributed by atoms with E-state index in [4.69, 9.17) is 23.2 Å². The summed E-state index contributed by atoms with van der Waals surface area (Å²) in [6.45, 7) is 1.81. The monoisotopic (exact) mass is 377 g/mol. The summed E-state index contributed by atoms with van der Waals surface area (Å²) in [5.41, 5.74) is 9.16. The predicted octanol–water partition coefficient (Wildman–Crippen LogP) is 2.06. The average Bonchev–Trinajstić information content (AvgIpc) is 2.99. The third-order valence-corrected chi connectivity index (χ3v) is 4.45. The fourth-order valence-electron chi connectivity index (χ4n) is 2.59. The van der Waals surface area contributed by atoms with Crippen molar-refractivity contribution in [2.75, 3.05) is 13.1 Å². The van der Waals surface area contributed by atoms with Gasteiger partial charge in [-0.1, -0.05) is 29.3 Å². The van der Waals surface area contributed by atoms with Crippen molar-refractivity contribution in [2.24, 2.45) is 0 Å². The van der Waals surface area contributed by atoms with Gasteiger partial charge in [-0.25, -0.2) is 5.43 Å². The quantitative estimate of drug-likeness (QED) is 0.459. The van der Waals surface area contributed by atoms with Gasteiger partial charge in [0.05, 0.1) is 5.70 Å². The topological polar surface area (TPSA) is 79.2 Å². The summed E-state index contributed by atoms with van der Waals surface area (Å²) >= 11 is 12.5. The first-order valence-electron chi connectivity index (χ1n) is 7.80. The standard InChI is InChI=1S/C16H17Cl2N7/c17-10-1-2-11-12(8-21-13(11)7-10)14-9-19-3-4-20-15(18)16(23-14)24-25-6-5-22-25/h1-4,7-9,19-24H,5-6H2. The second kappa shape index (κ2) is 6.89. The van der Waals surface area contributed by atoms with Crippen molar-refractivity contribution in [1.29, 1.82) is 0 Å². The SMILES string of the molecule is ClC1=C(NN2CCN2)NC(c2c[nH]c3cc(Cl)ccc23)=CNC=CN1. The molecule has 4 rings (SSSR count). The molecule has 0 aliphatic carbocycles. The lowest BCUT2D eigenvalue weighted by Crippen LogP contribution is -2.61. The molecule has 25 heavy (non-hydrogen) atoms. The molecular formula is C16H17Cl2N7. The Kier molecular flexibility index (Phi) is 4.46. The Balaban J connectivity index is 1.70. The second-order valence-electron chi connectivity index (χ2n) is 5.58. The van der Waals surface area contributed by atoms with Gasteiger partial charge in [0.2, 0.25) is 0 Å². The minimum Gasteiger partial charge on any atom is -0.365 e. The summed E-state index contributed by atoms with van der Waals surface area (Å²) in [6, 6.07) is 5.76. The van der Waals surface area contributed by atoms with Crippen LogP contribution in [0.3, 0.4) is 0 Å². The van der Waals surface area contributed by atoms with Gasteiger partial charge in [0.15, 0.2) is 5.82 Å². The van der Waals surface area contributed by atoms with Gasteiger partial charge in [-0.3, -0.25) is 5.43 Å². The Labute approximate surface area is 154 Å². The molecular weight excluding hydrogens is 361 g/mol. The first kappa shape index (κ1) is 16.2. The zero-order valence-electron chi connectivity index (χ0n) is 13.2. The predicted molar refractivity (Wildman–Crippen MR) is 101 cm³/mol. The number of hydrogen-bond acceptors (Lipinski definition) is 6. The van der Waals surface area contributed by atoms with Gasteiger partial charge < -0.3 is 20.9 Å². The summed E-state index contributed by atoms with van der Waals surface area (Å²) in [7, 11) is 0. The molecule has 0 saturated carbocycles. The third kappa shape index (κ3) is 3.40. The van der Waals surface area contributed by atoms with E-state index in [1.54, 1.807) is 12.4 Å². The molecule has 0 spiro atoms. The number of aromatic amines is 1. The van der Waals surface area contributed by atoms with E-state index >= 15 is 0 Å². The van der Waals surface area contributed by atoms with Crippen LogP contribution in [0.1, 0.15) is 5.56 Å². The molecule has 2 aliphatic heterocycles. The summed E-state index contributed by atoms with van der Waals surface area (Å²) in [5, 5.41) is 13.5. The van der Waals surface area contributed by atoms with Crippen LogP contribution in [0.5, 0.6) is 0 Å². The number of hydrazine groups is 2. The van der Waals surface area contributed by atoms with Gasteiger partial charge in [0.25, 0.3) is 0 Å². The molecule has 3 heterocycles. The number of fused-ring (bicyclic) bond motifs is 1. The Hall–Kier alpha value is -2.32. The van der Waals surface area contributed by atoms with Crippen molar-refractivity contribution >= 4 is 39.8 Å². The Morgan fingerprint density at radius 2 is 2.04 bits per heavy atom. The summed E-state index contributed by atoms with van der Waals surface area (Å²) in [5.74, 6) is 0.636. The van der Waals surface area contributed by atoms with Gasteiger partial charge in [0.1, 0.15) is 5.16 Å². The van der Waals surface area contributed by atoms with Crippen LogP contribution in [0, 0.1) is 0 Å². The van der Waals surface area contributed by atoms with E-state index in [1.165, 1.54) is 0 Å². The van der Waals surface area contributed by atoms with Gasteiger partial charge >= 0.3 is 0 Å². The van der Waals surface area contributed by atoms with Gasteiger partial charge in [-0.05, 0) is 12.1 Å². The molecule has 7 nitrogen and oxygen atoms in total. The molecule has 0 bridgehead atoms. The van der Waals surface area contributed by atoms with Gasteiger partial charge in [0, 0.05) is 59.4 Å². The number of hydrogen-bond donors (Lipinski definition) is 6. The van der Waals surface area contributed by atoms with E-state index in [9.17, 15) is 0 Å². The molecule has 2 aliphatic rings. The van der Waals surface area contributed by atoms with Crippen molar-refractivity contribution in [1.82, 2.24) is 36.9 Å². The number of benzene rings is 1. The maximum atomic E-state index is 6.38. The van der Waals surface area contributed by atoms with Crippen LogP contribution in [0.25, 0.3) is 16.6 Å². The molecule has 1 saturated heterocycles. The highest BCUT2D eigenvalue weighted by atomic mass is 35.5. The molecule has 2 aromatic rings. The molecule has 0 amide bonds. The number of rotatable bonds is 3. The van der Waals surface area contributed by atoms with Crippen molar-refractivity contribution in [3.8, 4) is 0 Å². The van der Waals surface area contributed by atoms with Crippen molar-refractivity contribution < 1.29 is 0 Å². The highest BCUT2D eigenvalue weighted by Crippen LogP contribution is 2.26. The Bertz CT molecular complexity index is 880. The maximum Gasteiger partial charge on any atom is 0.155 e. The molecule has 0 unspecified atom stereocenters. The lowest BCUT2D eigenvalue weighted by molar-refractivity contribution is 0.0509. The second-order valence-corrected chi connectivity index (χ2v) is 6.39. The minimum absolute atomic E-state index is 0.447. The van der Waals surface area contributed by atoms with E-state index in [-0.39, 0.29) is 0 Å². The van der Waals surface area contributed by atoms with Crippen LogP contribution < -0.4 is 26.8 Å². The zero-order valence-corrected chi connectivity index (χ0v) is 14.7. The van der Waals surface area contributed by atoms with Crippen molar-refractivity contribution in [3.05, 3.63) is 64.6 Å². The average molecular weight is 378 g/mol. The molecule has 1 fully saturated rings. The minimum atomic E-state index is 0.447. The Morgan fingerprint density at radius 1 is 1.16 bits per heavy atom. The summed E-state index contributed by atoms with van der Waals surface area (Å²) in [4.78, 5) is 3.25. The first-order chi connectivity index (χ1) is 12.2. The maximum absolute atomic E-state index is 6.38.